The van der Waals surface area contributed by atoms with Crippen LogP contribution in [0.5, 0.6) is 0 Å². The number of halogens is 1. The first-order chi connectivity index (χ1) is 11.2. The molecule has 3 rings (SSSR count). The molecule has 0 radical (unpaired) electrons. The van der Waals surface area contributed by atoms with Gasteiger partial charge in [0, 0.05) is 12.6 Å². The number of hydrogen-bond donors (Lipinski definition) is 0. The molecule has 0 aliphatic rings. The number of carbonyl (C=O) groups excluding carboxylic acids is 1. The molecule has 23 heavy (non-hydrogen) atoms. The lowest BCUT2D eigenvalue weighted by Gasteiger charge is -2.00. The molecular weight excluding hydrogens is 311 g/mol. The summed E-state index contributed by atoms with van der Waals surface area (Å²) in [5.74, 6) is -0.655. The Labute approximate surface area is 137 Å². The molecule has 0 saturated heterocycles. The summed E-state index contributed by atoms with van der Waals surface area (Å²) in [7, 11) is 0. The van der Waals surface area contributed by atoms with E-state index in [1.807, 2.05) is 43.3 Å². The molecule has 116 valence electrons. The number of amides is 1. The fourth-order valence-corrected chi connectivity index (χ4v) is 3.44. The molecule has 0 bridgehead atoms. The minimum absolute atomic E-state index is 0.297. The highest BCUT2D eigenvalue weighted by Gasteiger charge is 2.09. The van der Waals surface area contributed by atoms with E-state index >= 15 is 0 Å². The first-order valence-corrected chi connectivity index (χ1v) is 8.10. The minimum Gasteiger partial charge on any atom is -0.314 e. The number of benzene rings is 2. The molecule has 0 N–H and O–H groups in total. The minimum atomic E-state index is -0.358. The van der Waals surface area contributed by atoms with E-state index in [9.17, 15) is 9.18 Å². The van der Waals surface area contributed by atoms with Crippen molar-refractivity contribution in [2.75, 3.05) is 0 Å². The Morgan fingerprint density at radius 3 is 2.74 bits per heavy atom. The summed E-state index contributed by atoms with van der Waals surface area (Å²) in [5.41, 5.74) is 1.43. The second-order valence-corrected chi connectivity index (χ2v) is 5.92. The summed E-state index contributed by atoms with van der Waals surface area (Å²) in [6.45, 7) is 2.46. The van der Waals surface area contributed by atoms with Crippen molar-refractivity contribution in [3.63, 3.8) is 0 Å². The summed E-state index contributed by atoms with van der Waals surface area (Å²) in [5, 5.41) is 0. The van der Waals surface area contributed by atoms with Gasteiger partial charge in [0.1, 0.15) is 5.82 Å². The average molecular weight is 326 g/mol. The van der Waals surface area contributed by atoms with Gasteiger partial charge in [0.2, 0.25) is 0 Å². The maximum Gasteiger partial charge on any atom is 0.272 e. The zero-order valence-corrected chi connectivity index (χ0v) is 13.4. The first kappa shape index (κ1) is 15.4. The number of para-hydroxylation sites is 1. The molecule has 3 aromatic rings. The van der Waals surface area contributed by atoms with Crippen LogP contribution in [0.25, 0.3) is 16.3 Å². The van der Waals surface area contributed by atoms with Crippen LogP contribution >= 0.6 is 11.3 Å². The van der Waals surface area contributed by atoms with Gasteiger partial charge in [-0.2, -0.15) is 4.99 Å². The van der Waals surface area contributed by atoms with Crippen molar-refractivity contribution < 1.29 is 9.18 Å². The van der Waals surface area contributed by atoms with Gasteiger partial charge in [0.05, 0.1) is 10.2 Å². The molecular formula is C18H15FN2OS. The maximum absolute atomic E-state index is 14.0. The highest BCUT2D eigenvalue weighted by Crippen LogP contribution is 2.20. The Hall–Kier alpha value is -2.53. The third-order valence-corrected chi connectivity index (χ3v) is 4.44. The molecule has 1 heterocycles. The summed E-state index contributed by atoms with van der Waals surface area (Å²) in [4.78, 5) is 16.7. The van der Waals surface area contributed by atoms with Crippen LogP contribution in [0.3, 0.4) is 0 Å². The van der Waals surface area contributed by atoms with Crippen LogP contribution in [-0.2, 0) is 11.3 Å². The third kappa shape index (κ3) is 3.29. The van der Waals surface area contributed by atoms with Crippen LogP contribution in [0, 0.1) is 5.82 Å². The van der Waals surface area contributed by atoms with Crippen molar-refractivity contribution in [2.24, 2.45) is 4.99 Å². The van der Waals surface area contributed by atoms with E-state index in [0.717, 1.165) is 10.3 Å². The molecule has 0 atom stereocenters. The normalized spacial score (nSPS) is 12.3. The number of hydrogen-bond acceptors (Lipinski definition) is 2. The Bertz CT molecular complexity index is 939. The predicted octanol–water partition coefficient (Wildman–Crippen LogP) is 4.00. The molecule has 0 saturated carbocycles. The van der Waals surface area contributed by atoms with Crippen molar-refractivity contribution in [2.45, 2.75) is 13.5 Å². The molecule has 2 aromatic carbocycles. The van der Waals surface area contributed by atoms with E-state index in [0.29, 0.717) is 16.9 Å². The zero-order chi connectivity index (χ0) is 16.2. The topological polar surface area (TPSA) is 34.4 Å². The smallest absolute Gasteiger partial charge is 0.272 e. The van der Waals surface area contributed by atoms with E-state index in [1.54, 1.807) is 16.7 Å². The van der Waals surface area contributed by atoms with Crippen LogP contribution in [0.2, 0.25) is 0 Å². The van der Waals surface area contributed by atoms with E-state index in [4.69, 9.17) is 0 Å². The fourth-order valence-electron chi connectivity index (χ4n) is 2.33. The second kappa shape index (κ2) is 6.71. The molecule has 0 fully saturated rings. The first-order valence-electron chi connectivity index (χ1n) is 7.28. The lowest BCUT2D eigenvalue weighted by Crippen LogP contribution is -2.15. The van der Waals surface area contributed by atoms with Gasteiger partial charge in [-0.05, 0) is 30.7 Å². The predicted molar refractivity (Wildman–Crippen MR) is 91.5 cm³/mol. The van der Waals surface area contributed by atoms with Gasteiger partial charge in [-0.1, -0.05) is 47.7 Å². The summed E-state index contributed by atoms with van der Waals surface area (Å²) >= 11 is 1.31. The summed E-state index contributed by atoms with van der Waals surface area (Å²) < 4.78 is 16.5. The Balaban J connectivity index is 1.99. The Kier molecular flexibility index (Phi) is 4.48. The SMILES string of the molecule is CCn1c(=NC(=O)C=Cc2ccccc2)sc2cccc(F)c21. The third-order valence-electron chi connectivity index (χ3n) is 3.39. The number of fused-ring (bicyclic) bond motifs is 1. The van der Waals surface area contributed by atoms with Crippen molar-refractivity contribution in [1.29, 1.82) is 0 Å². The van der Waals surface area contributed by atoms with Gasteiger partial charge in [-0.3, -0.25) is 4.79 Å². The quantitative estimate of drug-likeness (QED) is 0.670. The largest absolute Gasteiger partial charge is 0.314 e. The van der Waals surface area contributed by atoms with Gasteiger partial charge in [0.25, 0.3) is 5.91 Å². The number of aryl methyl sites for hydroxylation is 1. The van der Waals surface area contributed by atoms with Crippen LogP contribution in [-0.4, -0.2) is 10.5 Å². The van der Waals surface area contributed by atoms with E-state index in [1.165, 1.54) is 23.5 Å². The molecule has 0 aliphatic carbocycles. The molecule has 1 aromatic heterocycles. The Morgan fingerprint density at radius 1 is 1.22 bits per heavy atom. The Morgan fingerprint density at radius 2 is 2.00 bits per heavy atom. The van der Waals surface area contributed by atoms with Crippen molar-refractivity contribution >= 4 is 33.5 Å². The van der Waals surface area contributed by atoms with Gasteiger partial charge < -0.3 is 4.57 Å². The van der Waals surface area contributed by atoms with Gasteiger partial charge in [-0.15, -0.1) is 0 Å². The van der Waals surface area contributed by atoms with Crippen LogP contribution < -0.4 is 4.80 Å². The molecule has 5 heteroatoms. The monoisotopic (exact) mass is 326 g/mol. The number of rotatable bonds is 3. The molecule has 0 unspecified atom stereocenters. The van der Waals surface area contributed by atoms with Crippen LogP contribution in [0.1, 0.15) is 12.5 Å². The maximum atomic E-state index is 14.0. The van der Waals surface area contributed by atoms with E-state index in [-0.39, 0.29) is 11.7 Å². The van der Waals surface area contributed by atoms with Crippen molar-refractivity contribution in [3.05, 3.63) is 70.8 Å². The molecule has 0 aliphatic heterocycles. The second-order valence-electron chi connectivity index (χ2n) is 4.91. The highest BCUT2D eigenvalue weighted by molar-refractivity contribution is 7.16. The lowest BCUT2D eigenvalue weighted by molar-refractivity contribution is -0.113. The number of aromatic nitrogens is 1. The number of nitrogens with zero attached hydrogens (tertiary/aromatic N) is 2. The van der Waals surface area contributed by atoms with Crippen LogP contribution in [0.15, 0.2) is 59.6 Å². The van der Waals surface area contributed by atoms with Crippen molar-refractivity contribution in [3.8, 4) is 0 Å². The standard InChI is InChI=1S/C18H15FN2OS/c1-2-21-17-14(19)9-6-10-15(17)23-18(21)20-16(22)12-11-13-7-4-3-5-8-13/h3-12H,2H2,1H3. The van der Waals surface area contributed by atoms with Crippen LogP contribution in [0.4, 0.5) is 4.39 Å². The molecule has 0 spiro atoms. The van der Waals surface area contributed by atoms with E-state index in [2.05, 4.69) is 4.99 Å². The molecule has 3 nitrogen and oxygen atoms in total. The summed E-state index contributed by atoms with van der Waals surface area (Å²) in [6.07, 6.45) is 3.14. The van der Waals surface area contributed by atoms with Gasteiger partial charge >= 0.3 is 0 Å². The lowest BCUT2D eigenvalue weighted by atomic mass is 10.2. The van der Waals surface area contributed by atoms with Crippen molar-refractivity contribution in [1.82, 2.24) is 4.57 Å². The summed E-state index contributed by atoms with van der Waals surface area (Å²) in [6, 6.07) is 14.5. The molecule has 1 amide bonds. The average Bonchev–Trinajstić information content (AvgIpc) is 2.92. The fraction of sp³-hybridized carbons (Fsp3) is 0.111. The van der Waals surface area contributed by atoms with Gasteiger partial charge in [-0.25, -0.2) is 4.39 Å². The zero-order valence-electron chi connectivity index (χ0n) is 12.6. The highest BCUT2D eigenvalue weighted by atomic mass is 32.1. The number of thiazole rings is 1. The number of carbonyl (C=O) groups is 1. The van der Waals surface area contributed by atoms with E-state index < -0.39 is 0 Å². The van der Waals surface area contributed by atoms with Gasteiger partial charge in [0.15, 0.2) is 4.80 Å².